The zero-order chi connectivity index (χ0) is 11.4. The summed E-state index contributed by atoms with van der Waals surface area (Å²) < 4.78 is 1.83. The Kier molecular flexibility index (Phi) is 3.77. The van der Waals surface area contributed by atoms with Gasteiger partial charge in [-0.3, -0.25) is 0 Å². The van der Waals surface area contributed by atoms with Crippen LogP contribution in [0, 0.1) is 11.3 Å². The van der Waals surface area contributed by atoms with Crippen LogP contribution in [0.2, 0.25) is 0 Å². The van der Waals surface area contributed by atoms with Crippen LogP contribution in [0.1, 0.15) is 5.69 Å². The second-order valence-corrected chi connectivity index (χ2v) is 5.98. The fourth-order valence-corrected chi connectivity index (χ4v) is 3.31. The predicted molar refractivity (Wildman–Crippen MR) is 64.8 cm³/mol. The highest BCUT2D eigenvalue weighted by molar-refractivity contribution is 8.03. The molecule has 7 heteroatoms. The first-order chi connectivity index (χ1) is 7.81. The molecule has 2 rings (SSSR count). The van der Waals surface area contributed by atoms with Crippen molar-refractivity contribution in [2.75, 3.05) is 6.26 Å². The van der Waals surface area contributed by atoms with E-state index in [-0.39, 0.29) is 0 Å². The van der Waals surface area contributed by atoms with Crippen molar-refractivity contribution >= 4 is 34.9 Å². The fourth-order valence-electron chi connectivity index (χ4n) is 0.929. The molecule has 16 heavy (non-hydrogen) atoms. The maximum atomic E-state index is 8.61. The Bertz CT molecular complexity index is 514. The Morgan fingerprint density at radius 3 is 2.69 bits per heavy atom. The first-order valence-electron chi connectivity index (χ1n) is 4.23. The quantitative estimate of drug-likeness (QED) is 0.796. The molecule has 80 valence electrons. The topological polar surface area (TPSA) is 62.5 Å². The highest BCUT2D eigenvalue weighted by atomic mass is 32.2. The average Bonchev–Trinajstić information content (AvgIpc) is 2.78. The van der Waals surface area contributed by atoms with Crippen molar-refractivity contribution in [3.8, 4) is 6.07 Å². The number of rotatable bonds is 3. The van der Waals surface area contributed by atoms with E-state index in [2.05, 4.69) is 15.2 Å². The largest absolute Gasteiger partial charge is 0.244 e. The van der Waals surface area contributed by atoms with Gasteiger partial charge >= 0.3 is 0 Å². The summed E-state index contributed by atoms with van der Waals surface area (Å²) in [6.07, 6.45) is 3.64. The van der Waals surface area contributed by atoms with Crippen molar-refractivity contribution in [3.63, 3.8) is 0 Å². The SMILES string of the molecule is CSc1nnc(Sc2ccc(C#N)nc2)s1. The van der Waals surface area contributed by atoms with Gasteiger partial charge < -0.3 is 0 Å². The van der Waals surface area contributed by atoms with E-state index in [1.54, 1.807) is 35.4 Å². The molecule has 0 aliphatic rings. The van der Waals surface area contributed by atoms with E-state index in [0.29, 0.717) is 5.69 Å². The third kappa shape index (κ3) is 2.72. The Hall–Kier alpha value is -1.10. The molecule has 2 aromatic heterocycles. The maximum absolute atomic E-state index is 8.61. The molecule has 0 aliphatic heterocycles. The molecule has 0 aliphatic carbocycles. The lowest BCUT2D eigenvalue weighted by atomic mass is 10.4. The maximum Gasteiger partial charge on any atom is 0.179 e. The molecule has 0 atom stereocenters. The van der Waals surface area contributed by atoms with Crippen LogP contribution in [-0.2, 0) is 0 Å². The normalized spacial score (nSPS) is 10.0. The molecule has 0 spiro atoms. The molecule has 0 fully saturated rings. The average molecular weight is 266 g/mol. The summed E-state index contributed by atoms with van der Waals surface area (Å²) in [5, 5.41) is 16.7. The van der Waals surface area contributed by atoms with E-state index in [1.807, 2.05) is 18.4 Å². The van der Waals surface area contributed by atoms with E-state index < -0.39 is 0 Å². The first-order valence-corrected chi connectivity index (χ1v) is 7.09. The summed E-state index contributed by atoms with van der Waals surface area (Å²) >= 11 is 4.63. The highest BCUT2D eigenvalue weighted by Gasteiger charge is 2.05. The predicted octanol–water partition coefficient (Wildman–Crippen LogP) is 2.68. The van der Waals surface area contributed by atoms with Crippen molar-refractivity contribution in [2.45, 2.75) is 13.6 Å². The Morgan fingerprint density at radius 1 is 1.31 bits per heavy atom. The van der Waals surface area contributed by atoms with Crippen LogP contribution in [0.5, 0.6) is 0 Å². The molecule has 4 nitrogen and oxygen atoms in total. The van der Waals surface area contributed by atoms with Gasteiger partial charge in [-0.05, 0) is 18.4 Å². The molecular weight excluding hydrogens is 260 g/mol. The molecule has 0 unspecified atom stereocenters. The number of aromatic nitrogens is 3. The van der Waals surface area contributed by atoms with Crippen LogP contribution in [0.3, 0.4) is 0 Å². The number of pyridine rings is 1. The monoisotopic (exact) mass is 266 g/mol. The summed E-state index contributed by atoms with van der Waals surface area (Å²) in [4.78, 5) is 4.95. The fraction of sp³-hybridized carbons (Fsp3) is 0.111. The van der Waals surface area contributed by atoms with Crippen molar-refractivity contribution in [2.24, 2.45) is 0 Å². The molecule has 2 aromatic rings. The third-order valence-corrected chi connectivity index (χ3v) is 4.55. The van der Waals surface area contributed by atoms with Gasteiger partial charge in [-0.2, -0.15) is 5.26 Å². The van der Waals surface area contributed by atoms with Crippen LogP contribution >= 0.6 is 34.9 Å². The molecule has 0 bridgehead atoms. The number of nitrogens with zero attached hydrogens (tertiary/aromatic N) is 4. The van der Waals surface area contributed by atoms with Gasteiger partial charge in [0.15, 0.2) is 8.68 Å². The summed E-state index contributed by atoms with van der Waals surface area (Å²) in [6, 6.07) is 5.53. The molecule has 0 saturated carbocycles. The van der Waals surface area contributed by atoms with Gasteiger partial charge in [0, 0.05) is 11.1 Å². The molecule has 0 N–H and O–H groups in total. The summed E-state index contributed by atoms with van der Waals surface area (Å²) in [7, 11) is 0. The highest BCUT2D eigenvalue weighted by Crippen LogP contribution is 2.32. The van der Waals surface area contributed by atoms with E-state index >= 15 is 0 Å². The van der Waals surface area contributed by atoms with Crippen LogP contribution in [0.25, 0.3) is 0 Å². The number of nitriles is 1. The van der Waals surface area contributed by atoms with Crippen molar-refractivity contribution in [3.05, 3.63) is 24.0 Å². The zero-order valence-corrected chi connectivity index (χ0v) is 10.7. The minimum atomic E-state index is 0.423. The Morgan fingerprint density at radius 2 is 2.12 bits per heavy atom. The van der Waals surface area contributed by atoms with Gasteiger partial charge in [0.2, 0.25) is 0 Å². The van der Waals surface area contributed by atoms with Crippen LogP contribution in [0.15, 0.2) is 31.9 Å². The zero-order valence-electron chi connectivity index (χ0n) is 8.25. The molecule has 0 saturated heterocycles. The minimum absolute atomic E-state index is 0.423. The lowest BCUT2D eigenvalue weighted by Gasteiger charge is -1.95. The van der Waals surface area contributed by atoms with E-state index in [4.69, 9.17) is 5.26 Å². The minimum Gasteiger partial charge on any atom is -0.244 e. The summed E-state index contributed by atoms with van der Waals surface area (Å²) in [5.41, 5.74) is 0.423. The van der Waals surface area contributed by atoms with Crippen LogP contribution in [0.4, 0.5) is 0 Å². The Balaban J connectivity index is 2.11. The summed E-state index contributed by atoms with van der Waals surface area (Å²) in [6.45, 7) is 0. The number of hydrogen-bond acceptors (Lipinski definition) is 7. The van der Waals surface area contributed by atoms with Gasteiger partial charge in [-0.15, -0.1) is 10.2 Å². The molecule has 0 aromatic carbocycles. The van der Waals surface area contributed by atoms with Crippen molar-refractivity contribution in [1.29, 1.82) is 5.26 Å². The van der Waals surface area contributed by atoms with Gasteiger partial charge in [-0.25, -0.2) is 4.98 Å². The van der Waals surface area contributed by atoms with Gasteiger partial charge in [0.25, 0.3) is 0 Å². The second-order valence-electron chi connectivity index (χ2n) is 2.63. The van der Waals surface area contributed by atoms with Crippen LogP contribution < -0.4 is 0 Å². The number of hydrogen-bond donors (Lipinski definition) is 0. The molecule has 2 heterocycles. The Labute approximate surface area is 105 Å². The second kappa shape index (κ2) is 5.30. The molecular formula is C9H6N4S3. The standard InChI is InChI=1S/C9H6N4S3/c1-14-8-12-13-9(16-8)15-7-3-2-6(4-10)11-5-7/h2-3,5H,1H3. The molecule has 0 amide bonds. The third-order valence-electron chi connectivity index (χ3n) is 1.62. The van der Waals surface area contributed by atoms with E-state index in [1.165, 1.54) is 11.8 Å². The lowest BCUT2D eigenvalue weighted by molar-refractivity contribution is 0.955. The molecule has 0 radical (unpaired) electrons. The smallest absolute Gasteiger partial charge is 0.179 e. The summed E-state index contributed by atoms with van der Waals surface area (Å²) in [5.74, 6) is 0. The van der Waals surface area contributed by atoms with Crippen molar-refractivity contribution < 1.29 is 0 Å². The lowest BCUT2D eigenvalue weighted by Crippen LogP contribution is -1.81. The van der Waals surface area contributed by atoms with E-state index in [9.17, 15) is 0 Å². The van der Waals surface area contributed by atoms with E-state index in [0.717, 1.165) is 13.6 Å². The van der Waals surface area contributed by atoms with Crippen molar-refractivity contribution in [1.82, 2.24) is 15.2 Å². The first kappa shape index (κ1) is 11.4. The van der Waals surface area contributed by atoms with Gasteiger partial charge in [0.05, 0.1) is 0 Å². The van der Waals surface area contributed by atoms with Crippen LogP contribution in [-0.4, -0.2) is 21.4 Å². The van der Waals surface area contributed by atoms with Gasteiger partial charge in [0.1, 0.15) is 11.8 Å². The number of thioether (sulfide) groups is 1. The van der Waals surface area contributed by atoms with Gasteiger partial charge in [-0.1, -0.05) is 34.9 Å².